The lowest BCUT2D eigenvalue weighted by atomic mass is 9.68. The number of pyridine rings is 1. The molecule has 134 valence electrons. The van der Waals surface area contributed by atoms with Crippen molar-refractivity contribution in [2.24, 2.45) is 17.8 Å². The first kappa shape index (κ1) is 17.8. The molecule has 0 radical (unpaired) electrons. The van der Waals surface area contributed by atoms with Crippen LogP contribution in [0, 0.1) is 35.5 Å². The minimum Gasteiger partial charge on any atom is -0.202 e. The van der Waals surface area contributed by atoms with Gasteiger partial charge in [0, 0.05) is 5.56 Å². The van der Waals surface area contributed by atoms with Gasteiger partial charge in [-0.25, -0.2) is 4.39 Å². The van der Waals surface area contributed by atoms with Crippen LogP contribution >= 0.6 is 0 Å². The molecule has 0 N–H and O–H groups in total. The highest BCUT2D eigenvalue weighted by Crippen LogP contribution is 2.44. The summed E-state index contributed by atoms with van der Waals surface area (Å²) in [6.45, 7) is 2.26. The van der Waals surface area contributed by atoms with Crippen molar-refractivity contribution in [1.82, 2.24) is 4.98 Å². The van der Waals surface area contributed by atoms with E-state index >= 15 is 0 Å². The molecular weight excluding hydrogens is 311 g/mol. The van der Waals surface area contributed by atoms with Gasteiger partial charge >= 0.3 is 0 Å². The normalized spacial score (nSPS) is 31.2. The summed E-state index contributed by atoms with van der Waals surface area (Å²) in [7, 11) is 0. The van der Waals surface area contributed by atoms with Crippen molar-refractivity contribution in [3.05, 3.63) is 29.3 Å². The molecule has 1 nitrogen and oxygen atoms in total. The van der Waals surface area contributed by atoms with Crippen LogP contribution in [-0.2, 0) is 0 Å². The number of nitrogens with zero attached hydrogens (tertiary/aromatic N) is 1. The summed E-state index contributed by atoms with van der Waals surface area (Å²) in [5.74, 6) is -0.767. The van der Waals surface area contributed by atoms with Gasteiger partial charge < -0.3 is 0 Å². The lowest BCUT2D eigenvalue weighted by molar-refractivity contribution is 0.155. The quantitative estimate of drug-likeness (QED) is 0.580. The Balaban J connectivity index is 1.54. The fourth-order valence-corrected chi connectivity index (χ4v) is 5.00. The lowest BCUT2D eigenvalue weighted by Crippen LogP contribution is -2.25. The summed E-state index contributed by atoms with van der Waals surface area (Å²) >= 11 is 0. The average molecular weight is 339 g/mol. The highest BCUT2D eigenvalue weighted by atomic mass is 19.2. The molecule has 0 aromatic carbocycles. The zero-order chi connectivity index (χ0) is 17.1. The summed E-state index contributed by atoms with van der Waals surface area (Å²) < 4.78 is 40.2. The third kappa shape index (κ3) is 3.94. The van der Waals surface area contributed by atoms with Gasteiger partial charge in [-0.3, -0.25) is 0 Å². The number of aromatic nitrogens is 1. The van der Waals surface area contributed by atoms with Gasteiger partial charge in [0.15, 0.2) is 5.82 Å². The van der Waals surface area contributed by atoms with Crippen molar-refractivity contribution in [2.45, 2.75) is 77.0 Å². The number of hydrogen-bond acceptors (Lipinski definition) is 1. The fourth-order valence-electron chi connectivity index (χ4n) is 5.00. The van der Waals surface area contributed by atoms with E-state index in [1.165, 1.54) is 38.5 Å². The van der Waals surface area contributed by atoms with Crippen LogP contribution in [0.25, 0.3) is 0 Å². The Morgan fingerprint density at radius 2 is 1.46 bits per heavy atom. The Morgan fingerprint density at radius 1 is 0.875 bits per heavy atom. The molecule has 4 heteroatoms. The fraction of sp³-hybridized carbons (Fsp3) is 0.750. The van der Waals surface area contributed by atoms with Crippen molar-refractivity contribution in [1.29, 1.82) is 0 Å². The molecule has 24 heavy (non-hydrogen) atoms. The highest BCUT2D eigenvalue weighted by Gasteiger charge is 2.32. The molecule has 3 rings (SSSR count). The van der Waals surface area contributed by atoms with Gasteiger partial charge in [0.2, 0.25) is 5.95 Å². The van der Waals surface area contributed by atoms with Gasteiger partial charge in [-0.1, -0.05) is 32.6 Å². The first-order chi connectivity index (χ1) is 11.6. The van der Waals surface area contributed by atoms with Crippen LogP contribution in [0.15, 0.2) is 6.07 Å². The predicted octanol–water partition coefficient (Wildman–Crippen LogP) is 6.38. The first-order valence-electron chi connectivity index (χ1n) is 9.59. The summed E-state index contributed by atoms with van der Waals surface area (Å²) in [4.78, 5) is 3.07. The molecule has 1 heterocycles. The van der Waals surface area contributed by atoms with Gasteiger partial charge in [-0.15, -0.1) is 0 Å². The van der Waals surface area contributed by atoms with Crippen molar-refractivity contribution < 1.29 is 13.2 Å². The molecule has 0 atom stereocenters. The van der Waals surface area contributed by atoms with Gasteiger partial charge in [0.25, 0.3) is 5.95 Å². The Hall–Kier alpha value is -1.06. The van der Waals surface area contributed by atoms with Gasteiger partial charge in [0.1, 0.15) is 0 Å². The van der Waals surface area contributed by atoms with E-state index in [9.17, 15) is 13.2 Å². The smallest absolute Gasteiger partial charge is 0.202 e. The van der Waals surface area contributed by atoms with E-state index in [0.717, 1.165) is 49.5 Å². The van der Waals surface area contributed by atoms with Gasteiger partial charge in [0.05, 0.1) is 0 Å². The van der Waals surface area contributed by atoms with E-state index in [4.69, 9.17) is 0 Å². The van der Waals surface area contributed by atoms with Crippen LogP contribution in [0.3, 0.4) is 0 Å². The summed E-state index contributed by atoms with van der Waals surface area (Å²) in [6, 6.07) is 1.01. The third-order valence-corrected chi connectivity index (χ3v) is 6.38. The van der Waals surface area contributed by atoms with E-state index in [0.29, 0.717) is 0 Å². The molecule has 2 saturated carbocycles. The van der Waals surface area contributed by atoms with Crippen molar-refractivity contribution in [3.8, 4) is 0 Å². The Morgan fingerprint density at radius 3 is 2.04 bits per heavy atom. The van der Waals surface area contributed by atoms with Crippen molar-refractivity contribution >= 4 is 0 Å². The maximum absolute atomic E-state index is 13.9. The van der Waals surface area contributed by atoms with Crippen LogP contribution in [0.1, 0.15) is 82.6 Å². The second kappa shape index (κ2) is 7.88. The zero-order valence-corrected chi connectivity index (χ0v) is 14.5. The molecule has 0 unspecified atom stereocenters. The zero-order valence-electron chi connectivity index (χ0n) is 14.5. The summed E-state index contributed by atoms with van der Waals surface area (Å²) in [5, 5.41) is 0. The molecular formula is C20H28F3N. The maximum Gasteiger partial charge on any atom is 0.251 e. The molecule has 1 aromatic heterocycles. The molecule has 0 amide bonds. The van der Waals surface area contributed by atoms with Gasteiger partial charge in [-0.05, 0) is 68.3 Å². The molecule has 2 aliphatic carbocycles. The monoisotopic (exact) mass is 339 g/mol. The van der Waals surface area contributed by atoms with E-state index < -0.39 is 17.7 Å². The van der Waals surface area contributed by atoms with Crippen LogP contribution in [0.5, 0.6) is 0 Å². The van der Waals surface area contributed by atoms with E-state index in [-0.39, 0.29) is 11.5 Å². The van der Waals surface area contributed by atoms with Gasteiger partial charge in [-0.2, -0.15) is 13.8 Å². The Kier molecular flexibility index (Phi) is 5.83. The van der Waals surface area contributed by atoms with Crippen LogP contribution in [-0.4, -0.2) is 4.98 Å². The van der Waals surface area contributed by atoms with Crippen LogP contribution in [0.4, 0.5) is 13.2 Å². The van der Waals surface area contributed by atoms with E-state index in [1.54, 1.807) is 0 Å². The second-order valence-corrected chi connectivity index (χ2v) is 7.82. The minimum absolute atomic E-state index is 0.0136. The van der Waals surface area contributed by atoms with Crippen molar-refractivity contribution in [3.63, 3.8) is 0 Å². The first-order valence-corrected chi connectivity index (χ1v) is 9.59. The van der Waals surface area contributed by atoms with Crippen LogP contribution in [0.2, 0.25) is 0 Å². The second-order valence-electron chi connectivity index (χ2n) is 7.82. The molecule has 0 aliphatic heterocycles. The molecule has 1 aromatic rings. The topological polar surface area (TPSA) is 12.9 Å². The van der Waals surface area contributed by atoms with Crippen LogP contribution < -0.4 is 0 Å². The van der Waals surface area contributed by atoms with E-state index in [2.05, 4.69) is 11.9 Å². The standard InChI is InChI=1S/C20H28F3N/c1-2-3-13-4-6-14(7-5-13)15-8-10-16(11-9-15)17-12-18(21)20(23)24-19(17)22/h12-16H,2-11H2,1H3/t13-,14-,15-,16-. The number of hydrogen-bond donors (Lipinski definition) is 0. The maximum atomic E-state index is 13.9. The highest BCUT2D eigenvalue weighted by molar-refractivity contribution is 5.19. The number of rotatable bonds is 4. The molecule has 0 bridgehead atoms. The Labute approximate surface area is 143 Å². The average Bonchev–Trinajstić information content (AvgIpc) is 2.59. The largest absolute Gasteiger partial charge is 0.251 e. The molecule has 2 fully saturated rings. The number of halogens is 3. The minimum atomic E-state index is -1.34. The molecule has 0 saturated heterocycles. The molecule has 0 spiro atoms. The van der Waals surface area contributed by atoms with E-state index in [1.807, 2.05) is 0 Å². The Bertz CT molecular complexity index is 544. The van der Waals surface area contributed by atoms with Crippen molar-refractivity contribution in [2.75, 3.05) is 0 Å². The summed E-state index contributed by atoms with van der Waals surface area (Å²) in [6.07, 6.45) is 11.9. The summed E-state index contributed by atoms with van der Waals surface area (Å²) in [5.41, 5.74) is 0.263. The third-order valence-electron chi connectivity index (χ3n) is 6.38. The SMILES string of the molecule is CCC[C@H]1CC[C@H]([C@H]2CC[C@H](c3cc(F)c(F)nc3F)CC2)CC1. The predicted molar refractivity (Wildman–Crippen MR) is 89.2 cm³/mol. The molecule has 2 aliphatic rings. The lowest BCUT2D eigenvalue weighted by Gasteiger charge is -2.38.